The number of piperazine rings is 1. The van der Waals surface area contributed by atoms with E-state index in [9.17, 15) is 4.79 Å². The van der Waals surface area contributed by atoms with Crippen LogP contribution in [0.2, 0.25) is 5.02 Å². The SMILES string of the molecule is C[C@@H](C(=O)Nc1ccccc1C#N)[NH+]1CCN(c2cccc(Cl)c2)CC1. The van der Waals surface area contributed by atoms with Crippen molar-refractivity contribution in [2.24, 2.45) is 0 Å². The molecule has 134 valence electrons. The van der Waals surface area contributed by atoms with Gasteiger partial charge in [-0.1, -0.05) is 29.8 Å². The molecule has 26 heavy (non-hydrogen) atoms. The third kappa shape index (κ3) is 4.16. The quantitative estimate of drug-likeness (QED) is 0.866. The highest BCUT2D eigenvalue weighted by atomic mass is 35.5. The lowest BCUT2D eigenvalue weighted by Gasteiger charge is -2.36. The van der Waals surface area contributed by atoms with E-state index in [4.69, 9.17) is 16.9 Å². The van der Waals surface area contributed by atoms with Crippen LogP contribution < -0.4 is 15.1 Å². The van der Waals surface area contributed by atoms with Gasteiger partial charge in [-0.3, -0.25) is 4.79 Å². The van der Waals surface area contributed by atoms with Crippen LogP contribution in [0.1, 0.15) is 12.5 Å². The number of nitrogens with one attached hydrogen (secondary N) is 2. The predicted molar refractivity (Wildman–Crippen MR) is 104 cm³/mol. The third-order valence-corrected chi connectivity index (χ3v) is 5.13. The summed E-state index contributed by atoms with van der Waals surface area (Å²) < 4.78 is 0. The Morgan fingerprint density at radius 2 is 1.96 bits per heavy atom. The molecule has 0 unspecified atom stereocenters. The summed E-state index contributed by atoms with van der Waals surface area (Å²) in [6.45, 7) is 5.45. The first-order valence-electron chi connectivity index (χ1n) is 8.73. The summed E-state index contributed by atoms with van der Waals surface area (Å²) in [6.07, 6.45) is 0. The Hall–Kier alpha value is -2.55. The van der Waals surface area contributed by atoms with Gasteiger partial charge in [0.05, 0.1) is 37.4 Å². The minimum Gasteiger partial charge on any atom is -0.360 e. The van der Waals surface area contributed by atoms with E-state index in [2.05, 4.69) is 22.4 Å². The number of carbonyl (C=O) groups excluding carboxylic acids is 1. The molecule has 1 aliphatic heterocycles. The van der Waals surface area contributed by atoms with E-state index in [0.29, 0.717) is 11.3 Å². The van der Waals surface area contributed by atoms with Crippen molar-refractivity contribution in [1.29, 1.82) is 5.26 Å². The number of hydrogen-bond donors (Lipinski definition) is 2. The highest BCUT2D eigenvalue weighted by molar-refractivity contribution is 6.30. The molecule has 1 aliphatic rings. The summed E-state index contributed by atoms with van der Waals surface area (Å²) in [5, 5.41) is 12.8. The third-order valence-electron chi connectivity index (χ3n) is 4.89. The molecule has 3 rings (SSSR count). The van der Waals surface area contributed by atoms with Crippen molar-refractivity contribution in [3.05, 3.63) is 59.1 Å². The molecule has 0 radical (unpaired) electrons. The molecule has 2 N–H and O–H groups in total. The Bertz CT molecular complexity index is 825. The molecule has 0 aromatic heterocycles. The molecular weight excluding hydrogens is 348 g/mol. The van der Waals surface area contributed by atoms with E-state index in [1.807, 2.05) is 31.2 Å². The van der Waals surface area contributed by atoms with Gasteiger partial charge in [-0.2, -0.15) is 5.26 Å². The van der Waals surface area contributed by atoms with Gasteiger partial charge in [0.2, 0.25) is 0 Å². The van der Waals surface area contributed by atoms with Crippen LogP contribution in [-0.2, 0) is 4.79 Å². The summed E-state index contributed by atoms with van der Waals surface area (Å²) in [4.78, 5) is 16.1. The number of para-hydroxylation sites is 1. The van der Waals surface area contributed by atoms with E-state index in [0.717, 1.165) is 36.9 Å². The molecule has 0 spiro atoms. The van der Waals surface area contributed by atoms with Crippen LogP contribution in [0.4, 0.5) is 11.4 Å². The van der Waals surface area contributed by atoms with Crippen LogP contribution in [0.5, 0.6) is 0 Å². The van der Waals surface area contributed by atoms with Crippen LogP contribution in [0, 0.1) is 11.3 Å². The smallest absolute Gasteiger partial charge is 0.282 e. The number of halogens is 1. The second-order valence-corrected chi connectivity index (χ2v) is 6.93. The van der Waals surface area contributed by atoms with Crippen molar-refractivity contribution in [1.82, 2.24) is 0 Å². The molecule has 1 heterocycles. The van der Waals surface area contributed by atoms with E-state index >= 15 is 0 Å². The molecule has 2 aromatic rings. The van der Waals surface area contributed by atoms with Gasteiger partial charge >= 0.3 is 0 Å². The Balaban J connectivity index is 1.58. The van der Waals surface area contributed by atoms with E-state index < -0.39 is 0 Å². The fourth-order valence-corrected chi connectivity index (χ4v) is 3.46. The molecule has 2 aromatic carbocycles. The number of hydrogen-bond acceptors (Lipinski definition) is 3. The standard InChI is InChI=1S/C20H21ClN4O/c1-15(20(26)23-19-8-3-2-5-16(19)14-22)24-9-11-25(12-10-24)18-7-4-6-17(21)13-18/h2-8,13,15H,9-12H2,1H3,(H,23,26)/p+1/t15-/m0/s1. The summed E-state index contributed by atoms with van der Waals surface area (Å²) in [7, 11) is 0. The van der Waals surface area contributed by atoms with Gasteiger partial charge in [-0.15, -0.1) is 0 Å². The number of benzene rings is 2. The Labute approximate surface area is 158 Å². The Morgan fingerprint density at radius 3 is 2.65 bits per heavy atom. The summed E-state index contributed by atoms with van der Waals surface area (Å²) >= 11 is 6.08. The second kappa shape index (κ2) is 8.22. The average molecular weight is 370 g/mol. The fraction of sp³-hybridized carbons (Fsp3) is 0.300. The van der Waals surface area contributed by atoms with Crippen LogP contribution in [0.15, 0.2) is 48.5 Å². The highest BCUT2D eigenvalue weighted by Crippen LogP contribution is 2.19. The van der Waals surface area contributed by atoms with Gasteiger partial charge in [0.1, 0.15) is 6.07 Å². The summed E-state index contributed by atoms with van der Waals surface area (Å²) in [5.74, 6) is -0.0566. The Kier molecular flexibility index (Phi) is 5.77. The molecule has 0 aliphatic carbocycles. The summed E-state index contributed by atoms with van der Waals surface area (Å²) in [6, 6.07) is 16.9. The molecule has 5 nitrogen and oxygen atoms in total. The predicted octanol–water partition coefficient (Wildman–Crippen LogP) is 1.94. The highest BCUT2D eigenvalue weighted by Gasteiger charge is 2.29. The van der Waals surface area contributed by atoms with Crippen molar-refractivity contribution in [2.75, 3.05) is 36.4 Å². The zero-order valence-corrected chi connectivity index (χ0v) is 15.5. The maximum atomic E-state index is 12.6. The summed E-state index contributed by atoms with van der Waals surface area (Å²) in [5.41, 5.74) is 2.18. The first kappa shape index (κ1) is 18.2. The van der Waals surface area contributed by atoms with Crippen LogP contribution in [0.25, 0.3) is 0 Å². The van der Waals surface area contributed by atoms with Gasteiger partial charge in [0, 0.05) is 10.7 Å². The minimum atomic E-state index is -0.178. The lowest BCUT2D eigenvalue weighted by atomic mass is 10.1. The van der Waals surface area contributed by atoms with E-state index in [-0.39, 0.29) is 11.9 Å². The van der Waals surface area contributed by atoms with E-state index in [1.165, 1.54) is 4.90 Å². The molecule has 1 atom stereocenters. The minimum absolute atomic E-state index is 0.0566. The number of nitriles is 1. The van der Waals surface area contributed by atoms with Crippen molar-refractivity contribution in [3.8, 4) is 6.07 Å². The number of carbonyl (C=O) groups is 1. The lowest BCUT2D eigenvalue weighted by Crippen LogP contribution is -3.19. The Morgan fingerprint density at radius 1 is 1.23 bits per heavy atom. The average Bonchev–Trinajstić information content (AvgIpc) is 2.68. The van der Waals surface area contributed by atoms with Crippen molar-refractivity contribution in [3.63, 3.8) is 0 Å². The molecule has 1 amide bonds. The van der Waals surface area contributed by atoms with Gasteiger partial charge in [-0.25, -0.2) is 0 Å². The number of nitrogens with zero attached hydrogens (tertiary/aromatic N) is 2. The molecule has 0 saturated carbocycles. The zero-order valence-electron chi connectivity index (χ0n) is 14.7. The molecule has 6 heteroatoms. The number of quaternary nitrogens is 1. The monoisotopic (exact) mass is 369 g/mol. The first-order valence-corrected chi connectivity index (χ1v) is 9.11. The molecule has 1 fully saturated rings. The fourth-order valence-electron chi connectivity index (χ4n) is 3.27. The van der Waals surface area contributed by atoms with Gasteiger partial charge in [-0.05, 0) is 37.3 Å². The molecule has 1 saturated heterocycles. The second-order valence-electron chi connectivity index (χ2n) is 6.49. The number of rotatable bonds is 4. The largest absolute Gasteiger partial charge is 0.360 e. The van der Waals surface area contributed by atoms with Crippen molar-refractivity contribution in [2.45, 2.75) is 13.0 Å². The topological polar surface area (TPSA) is 60.6 Å². The maximum Gasteiger partial charge on any atom is 0.282 e. The van der Waals surface area contributed by atoms with Crippen molar-refractivity contribution < 1.29 is 9.69 Å². The van der Waals surface area contributed by atoms with Gasteiger partial charge < -0.3 is 15.1 Å². The molecular formula is C20H22ClN4O+. The number of amides is 1. The van der Waals surface area contributed by atoms with Gasteiger partial charge in [0.25, 0.3) is 5.91 Å². The van der Waals surface area contributed by atoms with Crippen LogP contribution in [0.3, 0.4) is 0 Å². The lowest BCUT2D eigenvalue weighted by molar-refractivity contribution is -0.914. The zero-order chi connectivity index (χ0) is 18.5. The maximum absolute atomic E-state index is 12.6. The van der Waals surface area contributed by atoms with E-state index in [1.54, 1.807) is 18.2 Å². The van der Waals surface area contributed by atoms with Crippen molar-refractivity contribution >= 4 is 28.9 Å². The van der Waals surface area contributed by atoms with Gasteiger partial charge in [0.15, 0.2) is 6.04 Å². The normalized spacial score (nSPS) is 16.0. The van der Waals surface area contributed by atoms with Crippen LogP contribution in [-0.4, -0.2) is 38.1 Å². The molecule has 0 bridgehead atoms. The van der Waals surface area contributed by atoms with Crippen LogP contribution >= 0.6 is 11.6 Å². The number of anilines is 2. The first-order chi connectivity index (χ1) is 12.6.